The highest BCUT2D eigenvalue weighted by Gasteiger charge is 2.21. The van der Waals surface area contributed by atoms with E-state index in [4.69, 9.17) is 5.73 Å². The minimum absolute atomic E-state index is 0.245. The third-order valence-corrected chi connectivity index (χ3v) is 5.02. The lowest BCUT2D eigenvalue weighted by atomic mass is 10.0. The van der Waals surface area contributed by atoms with E-state index in [0.29, 0.717) is 5.82 Å². The van der Waals surface area contributed by atoms with Crippen molar-refractivity contribution in [2.24, 2.45) is 0 Å². The minimum atomic E-state index is -0.245. The summed E-state index contributed by atoms with van der Waals surface area (Å²) in [6.07, 6.45) is 4.66. The molecule has 4 rings (SSSR count). The Labute approximate surface area is 119 Å². The van der Waals surface area contributed by atoms with Crippen molar-refractivity contribution in [3.8, 4) is 11.3 Å². The van der Waals surface area contributed by atoms with Crippen LogP contribution in [0, 0.1) is 5.82 Å². The molecule has 1 aliphatic rings. The summed E-state index contributed by atoms with van der Waals surface area (Å²) >= 11 is 1.73. The molecule has 3 nitrogen and oxygen atoms in total. The SMILES string of the molecule is Nc1c(-c2ccc(F)cc2)nc2sc3c(n12)CCCC3. The van der Waals surface area contributed by atoms with Crippen LogP contribution in [-0.2, 0) is 12.8 Å². The van der Waals surface area contributed by atoms with Crippen molar-refractivity contribution >= 4 is 22.1 Å². The van der Waals surface area contributed by atoms with Crippen LogP contribution in [0.5, 0.6) is 0 Å². The van der Waals surface area contributed by atoms with Crippen LogP contribution >= 0.6 is 11.3 Å². The molecule has 0 radical (unpaired) electrons. The van der Waals surface area contributed by atoms with Crippen molar-refractivity contribution < 1.29 is 4.39 Å². The Morgan fingerprint density at radius 1 is 1.15 bits per heavy atom. The second-order valence-electron chi connectivity index (χ2n) is 5.15. The largest absolute Gasteiger partial charge is 0.383 e. The first-order valence-electron chi connectivity index (χ1n) is 6.78. The lowest BCUT2D eigenvalue weighted by molar-refractivity contribution is 0.628. The zero-order valence-electron chi connectivity index (χ0n) is 10.9. The van der Waals surface area contributed by atoms with Gasteiger partial charge in [-0.2, -0.15) is 0 Å². The Morgan fingerprint density at radius 3 is 2.70 bits per heavy atom. The number of aromatic nitrogens is 2. The topological polar surface area (TPSA) is 43.3 Å². The van der Waals surface area contributed by atoms with Crippen LogP contribution in [0.4, 0.5) is 10.2 Å². The first kappa shape index (κ1) is 11.9. The van der Waals surface area contributed by atoms with Gasteiger partial charge in [0.2, 0.25) is 0 Å². The van der Waals surface area contributed by atoms with Crippen LogP contribution in [0.1, 0.15) is 23.4 Å². The van der Waals surface area contributed by atoms with E-state index in [9.17, 15) is 4.39 Å². The normalized spacial score (nSPS) is 14.7. The zero-order valence-corrected chi connectivity index (χ0v) is 11.7. The summed E-state index contributed by atoms with van der Waals surface area (Å²) in [5, 5.41) is 0. The van der Waals surface area contributed by atoms with Crippen LogP contribution < -0.4 is 5.73 Å². The molecular formula is C15H14FN3S. The van der Waals surface area contributed by atoms with Crippen molar-refractivity contribution in [1.82, 2.24) is 9.38 Å². The second kappa shape index (κ2) is 4.31. The minimum Gasteiger partial charge on any atom is -0.383 e. The quantitative estimate of drug-likeness (QED) is 0.742. The molecule has 0 saturated carbocycles. The van der Waals surface area contributed by atoms with E-state index < -0.39 is 0 Å². The first-order chi connectivity index (χ1) is 9.74. The number of hydrogen-bond donors (Lipinski definition) is 1. The molecule has 0 fully saturated rings. The van der Waals surface area contributed by atoms with Gasteiger partial charge in [0.1, 0.15) is 17.3 Å². The maximum absolute atomic E-state index is 13.0. The van der Waals surface area contributed by atoms with E-state index >= 15 is 0 Å². The molecule has 0 saturated heterocycles. The summed E-state index contributed by atoms with van der Waals surface area (Å²) in [5.74, 6) is 0.428. The number of benzene rings is 1. The summed E-state index contributed by atoms with van der Waals surface area (Å²) in [6, 6.07) is 6.34. The molecule has 0 amide bonds. The molecular weight excluding hydrogens is 273 g/mol. The maximum atomic E-state index is 13.0. The van der Waals surface area contributed by atoms with Gasteiger partial charge >= 0.3 is 0 Å². The van der Waals surface area contributed by atoms with Gasteiger partial charge < -0.3 is 5.73 Å². The van der Waals surface area contributed by atoms with Gasteiger partial charge in [0.15, 0.2) is 4.96 Å². The van der Waals surface area contributed by atoms with Crippen molar-refractivity contribution in [3.63, 3.8) is 0 Å². The van der Waals surface area contributed by atoms with Gasteiger partial charge in [0, 0.05) is 16.1 Å². The van der Waals surface area contributed by atoms with E-state index in [1.807, 2.05) is 0 Å². The Bertz CT molecular complexity index is 786. The number of hydrogen-bond acceptors (Lipinski definition) is 3. The molecule has 3 aromatic rings. The molecule has 1 aromatic carbocycles. The second-order valence-corrected chi connectivity index (χ2v) is 6.21. The Hall–Kier alpha value is -1.88. The van der Waals surface area contributed by atoms with E-state index in [-0.39, 0.29) is 5.82 Å². The molecule has 0 spiro atoms. The smallest absolute Gasteiger partial charge is 0.196 e. The number of imidazole rings is 1. The monoisotopic (exact) mass is 287 g/mol. The first-order valence-corrected chi connectivity index (χ1v) is 7.60. The number of rotatable bonds is 1. The maximum Gasteiger partial charge on any atom is 0.196 e. The fraction of sp³-hybridized carbons (Fsp3) is 0.267. The third-order valence-electron chi connectivity index (χ3n) is 3.87. The van der Waals surface area contributed by atoms with Crippen molar-refractivity contribution in [3.05, 3.63) is 40.7 Å². The fourth-order valence-corrected chi connectivity index (χ4v) is 4.09. The molecule has 5 heteroatoms. The molecule has 0 unspecified atom stereocenters. The fourth-order valence-electron chi connectivity index (χ4n) is 2.88. The molecule has 0 atom stereocenters. The molecule has 0 aliphatic heterocycles. The zero-order chi connectivity index (χ0) is 13.7. The van der Waals surface area contributed by atoms with Crippen LogP contribution in [-0.4, -0.2) is 9.38 Å². The number of nitrogens with zero attached hydrogens (tertiary/aromatic N) is 2. The summed E-state index contributed by atoms with van der Waals surface area (Å²) < 4.78 is 15.1. The van der Waals surface area contributed by atoms with Gasteiger partial charge in [-0.3, -0.25) is 4.40 Å². The van der Waals surface area contributed by atoms with Gasteiger partial charge in [-0.15, -0.1) is 11.3 Å². The number of nitrogens with two attached hydrogens (primary N) is 1. The average Bonchev–Trinajstić information content (AvgIpc) is 2.97. The average molecular weight is 287 g/mol. The number of aryl methyl sites for hydroxylation is 2. The van der Waals surface area contributed by atoms with Gasteiger partial charge in [-0.05, 0) is 49.9 Å². The van der Waals surface area contributed by atoms with Crippen LogP contribution in [0.3, 0.4) is 0 Å². The molecule has 20 heavy (non-hydrogen) atoms. The number of fused-ring (bicyclic) bond motifs is 3. The van der Waals surface area contributed by atoms with E-state index in [2.05, 4.69) is 9.38 Å². The van der Waals surface area contributed by atoms with Crippen LogP contribution in [0.25, 0.3) is 16.2 Å². The van der Waals surface area contributed by atoms with Gasteiger partial charge in [0.05, 0.1) is 0 Å². The molecule has 2 N–H and O–H groups in total. The molecule has 102 valence electrons. The molecule has 1 aliphatic carbocycles. The lowest BCUT2D eigenvalue weighted by Gasteiger charge is -2.11. The summed E-state index contributed by atoms with van der Waals surface area (Å²) in [4.78, 5) is 7.02. The summed E-state index contributed by atoms with van der Waals surface area (Å²) in [7, 11) is 0. The number of nitrogen functional groups attached to an aromatic ring is 1. The third kappa shape index (κ3) is 1.66. The highest BCUT2D eigenvalue weighted by molar-refractivity contribution is 7.17. The van der Waals surface area contributed by atoms with Crippen molar-refractivity contribution in [2.45, 2.75) is 25.7 Å². The molecule has 2 heterocycles. The van der Waals surface area contributed by atoms with Crippen LogP contribution in [0.15, 0.2) is 24.3 Å². The van der Waals surface area contributed by atoms with Gasteiger partial charge in [0.25, 0.3) is 0 Å². The highest BCUT2D eigenvalue weighted by atomic mass is 32.1. The van der Waals surface area contributed by atoms with Crippen LogP contribution in [0.2, 0.25) is 0 Å². The Balaban J connectivity index is 1.91. The van der Waals surface area contributed by atoms with Gasteiger partial charge in [-0.25, -0.2) is 9.37 Å². The highest BCUT2D eigenvalue weighted by Crippen LogP contribution is 2.36. The van der Waals surface area contributed by atoms with Gasteiger partial charge in [-0.1, -0.05) is 0 Å². The standard InChI is InChI=1S/C15H14FN3S/c16-10-7-5-9(6-8-10)13-14(17)19-11-3-1-2-4-12(11)20-15(19)18-13/h5-8H,1-4,17H2. The number of anilines is 1. The van der Waals surface area contributed by atoms with E-state index in [1.165, 1.54) is 35.5 Å². The Morgan fingerprint density at radius 2 is 1.90 bits per heavy atom. The Kier molecular flexibility index (Phi) is 2.57. The summed E-state index contributed by atoms with van der Waals surface area (Å²) in [5.41, 5.74) is 9.22. The van der Waals surface area contributed by atoms with E-state index in [1.54, 1.807) is 23.5 Å². The van der Waals surface area contributed by atoms with Crippen molar-refractivity contribution in [2.75, 3.05) is 5.73 Å². The predicted octanol–water partition coefficient (Wildman–Crippen LogP) is 3.66. The summed E-state index contributed by atoms with van der Waals surface area (Å²) in [6.45, 7) is 0. The van der Waals surface area contributed by atoms with Crippen molar-refractivity contribution in [1.29, 1.82) is 0 Å². The number of halogens is 1. The molecule has 2 aromatic heterocycles. The lowest BCUT2D eigenvalue weighted by Crippen LogP contribution is -2.04. The predicted molar refractivity (Wildman–Crippen MR) is 79.5 cm³/mol. The number of thiazole rings is 1. The molecule has 0 bridgehead atoms. The van der Waals surface area contributed by atoms with E-state index in [0.717, 1.165) is 29.1 Å².